The number of rotatable bonds is 4. The lowest BCUT2D eigenvalue weighted by molar-refractivity contribution is 0.148. The number of nitrogens with one attached hydrogen (secondary N) is 1. The maximum atomic E-state index is 3.72. The Morgan fingerprint density at radius 3 is 2.20 bits per heavy atom. The first-order chi connectivity index (χ1) is 9.47. The zero-order valence-corrected chi connectivity index (χ0v) is 13.7. The maximum Gasteiger partial charge on any atom is 0.0291 e. The van der Waals surface area contributed by atoms with E-state index in [2.05, 4.69) is 63.3 Å². The van der Waals surface area contributed by atoms with Crippen molar-refractivity contribution >= 4 is 0 Å². The van der Waals surface area contributed by atoms with Crippen LogP contribution >= 0.6 is 0 Å². The molecule has 0 heterocycles. The minimum Gasteiger partial charge on any atom is -0.310 e. The van der Waals surface area contributed by atoms with Crippen molar-refractivity contribution in [2.24, 2.45) is 17.3 Å². The molecule has 1 aliphatic carbocycles. The van der Waals surface area contributed by atoms with Crippen LogP contribution < -0.4 is 5.32 Å². The van der Waals surface area contributed by atoms with Crippen molar-refractivity contribution in [3.63, 3.8) is 0 Å². The van der Waals surface area contributed by atoms with Crippen LogP contribution in [0.5, 0.6) is 0 Å². The highest BCUT2D eigenvalue weighted by Gasteiger charge is 2.29. The summed E-state index contributed by atoms with van der Waals surface area (Å²) < 4.78 is 0. The summed E-state index contributed by atoms with van der Waals surface area (Å²) in [6.07, 6.45) is 5.62. The second kappa shape index (κ2) is 6.76. The van der Waals surface area contributed by atoms with Crippen LogP contribution in [0.15, 0.2) is 30.3 Å². The van der Waals surface area contributed by atoms with Gasteiger partial charge in [-0.3, -0.25) is 0 Å². The second-order valence-corrected chi connectivity index (χ2v) is 7.62. The topological polar surface area (TPSA) is 12.0 Å². The highest BCUT2D eigenvalue weighted by molar-refractivity contribution is 5.17. The molecule has 0 saturated heterocycles. The molecule has 2 rings (SSSR count). The molecule has 1 atom stereocenters. The summed E-state index contributed by atoms with van der Waals surface area (Å²) in [5.41, 5.74) is 1.89. The smallest absolute Gasteiger partial charge is 0.0291 e. The van der Waals surface area contributed by atoms with Crippen LogP contribution in [0.2, 0.25) is 0 Å². The van der Waals surface area contributed by atoms with Crippen LogP contribution in [0, 0.1) is 17.3 Å². The van der Waals surface area contributed by atoms with Gasteiger partial charge in [0.15, 0.2) is 0 Å². The molecule has 20 heavy (non-hydrogen) atoms. The molecule has 0 spiro atoms. The van der Waals surface area contributed by atoms with E-state index in [0.717, 1.165) is 11.8 Å². The van der Waals surface area contributed by atoms with Crippen molar-refractivity contribution in [1.82, 2.24) is 5.32 Å². The van der Waals surface area contributed by atoms with Gasteiger partial charge in [-0.1, -0.05) is 51.1 Å². The van der Waals surface area contributed by atoms with Gasteiger partial charge in [-0.05, 0) is 62.0 Å². The summed E-state index contributed by atoms with van der Waals surface area (Å²) in [7, 11) is 0. The minimum absolute atomic E-state index is 0.469. The molecule has 0 aliphatic heterocycles. The monoisotopic (exact) mass is 273 g/mol. The molecule has 0 amide bonds. The molecule has 0 radical (unpaired) electrons. The summed E-state index contributed by atoms with van der Waals surface area (Å²) in [6.45, 7) is 10.6. The van der Waals surface area contributed by atoms with Crippen molar-refractivity contribution < 1.29 is 0 Å². The molecule has 0 bridgehead atoms. The van der Waals surface area contributed by atoms with Gasteiger partial charge < -0.3 is 5.32 Å². The van der Waals surface area contributed by atoms with E-state index < -0.39 is 0 Å². The predicted octanol–water partition coefficient (Wildman–Crippen LogP) is 5.19. The van der Waals surface area contributed by atoms with E-state index in [1.807, 2.05) is 0 Å². The predicted molar refractivity (Wildman–Crippen MR) is 87.8 cm³/mol. The summed E-state index contributed by atoms with van der Waals surface area (Å²) in [6, 6.07) is 11.2. The molecular weight excluding hydrogens is 242 g/mol. The maximum absolute atomic E-state index is 3.72. The molecule has 1 fully saturated rings. The van der Waals surface area contributed by atoms with Gasteiger partial charge in [0.25, 0.3) is 0 Å². The Labute approximate surface area is 125 Å². The fourth-order valence-corrected chi connectivity index (χ4v) is 3.44. The van der Waals surface area contributed by atoms with E-state index >= 15 is 0 Å². The van der Waals surface area contributed by atoms with Crippen LogP contribution in [0.1, 0.15) is 65.0 Å². The third-order valence-electron chi connectivity index (χ3n) is 5.08. The van der Waals surface area contributed by atoms with Gasteiger partial charge in [0, 0.05) is 6.04 Å². The molecule has 0 aromatic heterocycles. The number of benzene rings is 1. The molecule has 1 heteroatoms. The summed E-state index contributed by atoms with van der Waals surface area (Å²) in [5.74, 6) is 1.80. The van der Waals surface area contributed by atoms with Crippen molar-refractivity contribution in [3.8, 4) is 0 Å². The van der Waals surface area contributed by atoms with Gasteiger partial charge in [0.05, 0.1) is 0 Å². The van der Waals surface area contributed by atoms with Crippen LogP contribution in [-0.2, 0) is 0 Å². The van der Waals surface area contributed by atoms with Gasteiger partial charge in [-0.25, -0.2) is 0 Å². The van der Waals surface area contributed by atoms with Crippen molar-refractivity contribution in [3.05, 3.63) is 35.9 Å². The highest BCUT2D eigenvalue weighted by Crippen LogP contribution is 2.39. The summed E-state index contributed by atoms with van der Waals surface area (Å²) in [4.78, 5) is 0. The van der Waals surface area contributed by atoms with Crippen LogP contribution in [-0.4, -0.2) is 6.54 Å². The van der Waals surface area contributed by atoms with Crippen molar-refractivity contribution in [2.45, 2.75) is 59.4 Å². The second-order valence-electron chi connectivity index (χ2n) is 7.62. The van der Waals surface area contributed by atoms with E-state index in [9.17, 15) is 0 Å². The number of hydrogen-bond donors (Lipinski definition) is 1. The molecule has 1 aliphatic rings. The summed E-state index contributed by atoms with van der Waals surface area (Å²) >= 11 is 0. The van der Waals surface area contributed by atoms with E-state index in [-0.39, 0.29) is 0 Å². The Balaban J connectivity index is 1.74. The largest absolute Gasteiger partial charge is 0.310 e. The van der Waals surface area contributed by atoms with Gasteiger partial charge in [-0.2, -0.15) is 0 Å². The standard InChI is InChI=1S/C19H31N/c1-15(17-8-6-5-7-9-17)20-14-16-10-12-18(13-11-16)19(2,3)4/h5-9,15-16,18,20H,10-14H2,1-4H3/t15-,16?,18?/m0/s1. The third kappa shape index (κ3) is 4.34. The fourth-order valence-electron chi connectivity index (χ4n) is 3.44. The first-order valence-corrected chi connectivity index (χ1v) is 8.25. The van der Waals surface area contributed by atoms with E-state index in [0.29, 0.717) is 11.5 Å². The van der Waals surface area contributed by atoms with Gasteiger partial charge in [-0.15, -0.1) is 0 Å². The van der Waals surface area contributed by atoms with Crippen molar-refractivity contribution in [2.75, 3.05) is 6.54 Å². The quantitative estimate of drug-likeness (QED) is 0.796. The van der Waals surface area contributed by atoms with Crippen LogP contribution in [0.3, 0.4) is 0 Å². The van der Waals surface area contributed by atoms with E-state index in [4.69, 9.17) is 0 Å². The van der Waals surface area contributed by atoms with Gasteiger partial charge >= 0.3 is 0 Å². The normalized spacial score (nSPS) is 25.4. The highest BCUT2D eigenvalue weighted by atomic mass is 14.9. The Bertz CT molecular complexity index is 382. The minimum atomic E-state index is 0.469. The first-order valence-electron chi connectivity index (χ1n) is 8.25. The molecule has 1 saturated carbocycles. The average molecular weight is 273 g/mol. The lowest BCUT2D eigenvalue weighted by atomic mass is 9.70. The molecule has 0 unspecified atom stereocenters. The fraction of sp³-hybridized carbons (Fsp3) is 0.684. The Morgan fingerprint density at radius 2 is 1.65 bits per heavy atom. The van der Waals surface area contributed by atoms with E-state index in [1.165, 1.54) is 37.8 Å². The number of hydrogen-bond acceptors (Lipinski definition) is 1. The molecular formula is C19H31N. The first kappa shape index (κ1) is 15.6. The van der Waals surface area contributed by atoms with Crippen LogP contribution in [0.4, 0.5) is 0 Å². The lowest BCUT2D eigenvalue weighted by Gasteiger charge is -2.37. The Kier molecular flexibility index (Phi) is 5.26. The Hall–Kier alpha value is -0.820. The zero-order valence-electron chi connectivity index (χ0n) is 13.7. The summed E-state index contributed by atoms with van der Waals surface area (Å²) in [5, 5.41) is 3.72. The molecule has 1 N–H and O–H groups in total. The van der Waals surface area contributed by atoms with Crippen molar-refractivity contribution in [1.29, 1.82) is 0 Å². The average Bonchev–Trinajstić information content (AvgIpc) is 2.45. The molecule has 1 aromatic carbocycles. The van der Waals surface area contributed by atoms with Crippen LogP contribution in [0.25, 0.3) is 0 Å². The zero-order chi connectivity index (χ0) is 14.6. The molecule has 1 aromatic rings. The lowest BCUT2D eigenvalue weighted by Crippen LogP contribution is -2.31. The van der Waals surface area contributed by atoms with Gasteiger partial charge in [0.1, 0.15) is 0 Å². The third-order valence-corrected chi connectivity index (χ3v) is 5.08. The van der Waals surface area contributed by atoms with E-state index in [1.54, 1.807) is 0 Å². The SMILES string of the molecule is C[C@H](NCC1CCC(C(C)(C)C)CC1)c1ccccc1. The molecule has 112 valence electrons. The molecule has 1 nitrogen and oxygen atoms in total. The Morgan fingerprint density at radius 1 is 1.05 bits per heavy atom. The van der Waals surface area contributed by atoms with Gasteiger partial charge in [0.2, 0.25) is 0 Å².